The minimum absolute atomic E-state index is 0.275. The van der Waals surface area contributed by atoms with Crippen LogP contribution in [0.3, 0.4) is 0 Å². The molecule has 0 atom stereocenters. The third kappa shape index (κ3) is 2.40. The van der Waals surface area contributed by atoms with Crippen molar-refractivity contribution in [3.05, 3.63) is 64.7 Å². The van der Waals surface area contributed by atoms with Crippen LogP contribution in [0.4, 0.5) is 5.69 Å². The average Bonchev–Trinajstić information content (AvgIpc) is 2.44. The first-order valence-corrected chi connectivity index (χ1v) is 6.02. The third-order valence-corrected chi connectivity index (χ3v) is 3.27. The Morgan fingerprint density at radius 2 is 1.53 bits per heavy atom. The van der Waals surface area contributed by atoms with Gasteiger partial charge in [-0.2, -0.15) is 0 Å². The van der Waals surface area contributed by atoms with Crippen molar-refractivity contribution in [2.75, 3.05) is 5.73 Å². The van der Waals surface area contributed by atoms with Gasteiger partial charge in [-0.15, -0.1) is 0 Å². The van der Waals surface area contributed by atoms with Crippen LogP contribution in [-0.4, -0.2) is 11.6 Å². The van der Waals surface area contributed by atoms with Crippen molar-refractivity contribution in [1.29, 1.82) is 0 Å². The zero-order valence-corrected chi connectivity index (χ0v) is 10.9. The molecule has 0 aliphatic carbocycles. The summed E-state index contributed by atoms with van der Waals surface area (Å²) in [5.41, 5.74) is 8.81. The lowest BCUT2D eigenvalue weighted by Gasteiger charge is -2.09. The summed E-state index contributed by atoms with van der Waals surface area (Å²) in [7, 11) is 0. The second-order valence-corrected chi connectivity index (χ2v) is 4.49. The highest BCUT2D eigenvalue weighted by Crippen LogP contribution is 2.22. The monoisotopic (exact) mass is 253 g/mol. The van der Waals surface area contributed by atoms with Crippen molar-refractivity contribution < 1.29 is 9.59 Å². The minimum atomic E-state index is -0.563. The van der Waals surface area contributed by atoms with Crippen molar-refractivity contribution in [3.8, 4) is 0 Å². The van der Waals surface area contributed by atoms with E-state index in [1.54, 1.807) is 42.5 Å². The molecule has 2 N–H and O–H groups in total. The molecular weight excluding hydrogens is 238 g/mol. The van der Waals surface area contributed by atoms with Gasteiger partial charge in [-0.25, -0.2) is 0 Å². The van der Waals surface area contributed by atoms with Gasteiger partial charge in [-0.05, 0) is 31.0 Å². The van der Waals surface area contributed by atoms with Gasteiger partial charge in [0, 0.05) is 16.8 Å². The predicted octanol–water partition coefficient (Wildman–Crippen LogP) is 2.95. The van der Waals surface area contributed by atoms with Crippen molar-refractivity contribution >= 4 is 17.3 Å². The summed E-state index contributed by atoms with van der Waals surface area (Å²) in [5, 5.41) is 0. The van der Waals surface area contributed by atoms with Crippen LogP contribution < -0.4 is 5.73 Å². The van der Waals surface area contributed by atoms with Crippen LogP contribution in [0.2, 0.25) is 0 Å². The highest BCUT2D eigenvalue weighted by Gasteiger charge is 2.21. The van der Waals surface area contributed by atoms with Gasteiger partial charge >= 0.3 is 0 Å². The molecule has 19 heavy (non-hydrogen) atoms. The van der Waals surface area contributed by atoms with E-state index in [1.807, 2.05) is 13.8 Å². The van der Waals surface area contributed by atoms with Crippen LogP contribution in [0, 0.1) is 13.8 Å². The van der Waals surface area contributed by atoms with Crippen LogP contribution in [-0.2, 0) is 0 Å². The first-order chi connectivity index (χ1) is 9.02. The maximum Gasteiger partial charge on any atom is 0.235 e. The largest absolute Gasteiger partial charge is 0.398 e. The molecule has 0 heterocycles. The zero-order valence-electron chi connectivity index (χ0n) is 10.9. The van der Waals surface area contributed by atoms with Gasteiger partial charge in [0.05, 0.1) is 0 Å². The summed E-state index contributed by atoms with van der Waals surface area (Å²) in [4.78, 5) is 24.3. The maximum absolute atomic E-state index is 12.2. The number of anilines is 1. The van der Waals surface area contributed by atoms with E-state index in [4.69, 9.17) is 5.73 Å². The standard InChI is InChI=1S/C16H15NO2/c1-10-8-9-13(14(17)11(10)2)16(19)15(18)12-6-4-3-5-7-12/h3-9H,17H2,1-2H3. The number of rotatable bonds is 3. The first-order valence-electron chi connectivity index (χ1n) is 6.02. The fraction of sp³-hybridized carbons (Fsp3) is 0.125. The zero-order chi connectivity index (χ0) is 14.0. The highest BCUT2D eigenvalue weighted by atomic mass is 16.2. The van der Waals surface area contributed by atoms with Gasteiger partial charge in [-0.3, -0.25) is 9.59 Å². The molecule has 0 unspecified atom stereocenters. The molecule has 3 heteroatoms. The molecule has 3 nitrogen and oxygen atoms in total. The Kier molecular flexibility index (Phi) is 3.47. The average molecular weight is 253 g/mol. The summed E-state index contributed by atoms with van der Waals surface area (Å²) < 4.78 is 0. The number of carbonyl (C=O) groups is 2. The van der Waals surface area contributed by atoms with Gasteiger partial charge < -0.3 is 5.73 Å². The summed E-state index contributed by atoms with van der Waals surface area (Å²) >= 11 is 0. The Hall–Kier alpha value is -2.42. The molecule has 2 aromatic carbocycles. The molecule has 0 radical (unpaired) electrons. The van der Waals surface area contributed by atoms with Crippen LogP contribution in [0.1, 0.15) is 31.8 Å². The van der Waals surface area contributed by atoms with Crippen LogP contribution in [0.25, 0.3) is 0 Å². The number of nitrogens with two attached hydrogens (primary N) is 1. The normalized spacial score (nSPS) is 10.2. The van der Waals surface area contributed by atoms with E-state index in [1.165, 1.54) is 0 Å². The Bertz CT molecular complexity index is 645. The third-order valence-electron chi connectivity index (χ3n) is 3.27. The van der Waals surface area contributed by atoms with Gasteiger partial charge in [0.15, 0.2) is 0 Å². The molecule has 0 amide bonds. The van der Waals surface area contributed by atoms with Crippen LogP contribution in [0.15, 0.2) is 42.5 Å². The Morgan fingerprint density at radius 3 is 2.16 bits per heavy atom. The van der Waals surface area contributed by atoms with Crippen molar-refractivity contribution in [3.63, 3.8) is 0 Å². The molecule has 0 saturated heterocycles. The number of aryl methyl sites for hydroxylation is 1. The number of Topliss-reactive ketones (excluding diaryl/α,β-unsaturated/α-hetero) is 2. The van der Waals surface area contributed by atoms with Gasteiger partial charge in [0.2, 0.25) is 11.6 Å². The van der Waals surface area contributed by atoms with E-state index in [9.17, 15) is 9.59 Å². The molecule has 96 valence electrons. The van der Waals surface area contributed by atoms with Crippen LogP contribution in [0.5, 0.6) is 0 Å². The van der Waals surface area contributed by atoms with E-state index in [0.717, 1.165) is 11.1 Å². The first kappa shape index (κ1) is 13.0. The SMILES string of the molecule is Cc1ccc(C(=O)C(=O)c2ccccc2)c(N)c1C. The lowest BCUT2D eigenvalue weighted by molar-refractivity contribution is 0.0817. The maximum atomic E-state index is 12.2. The number of carbonyl (C=O) groups excluding carboxylic acids is 2. The topological polar surface area (TPSA) is 60.2 Å². The minimum Gasteiger partial charge on any atom is -0.398 e. The molecule has 0 saturated carbocycles. The van der Waals surface area contributed by atoms with Crippen LogP contribution >= 0.6 is 0 Å². The Morgan fingerprint density at radius 1 is 0.895 bits per heavy atom. The molecule has 2 aromatic rings. The molecule has 0 bridgehead atoms. The quantitative estimate of drug-likeness (QED) is 0.519. The lowest BCUT2D eigenvalue weighted by atomic mass is 9.96. The smallest absolute Gasteiger partial charge is 0.235 e. The molecule has 0 spiro atoms. The van der Waals surface area contributed by atoms with Gasteiger partial charge in [0.25, 0.3) is 0 Å². The molecule has 0 fully saturated rings. The molecule has 0 aliphatic rings. The van der Waals surface area contributed by atoms with E-state index in [-0.39, 0.29) is 5.56 Å². The van der Waals surface area contributed by atoms with Crippen molar-refractivity contribution in [2.24, 2.45) is 0 Å². The number of hydrogen-bond donors (Lipinski definition) is 1. The molecule has 0 aliphatic heterocycles. The number of nitrogen functional groups attached to an aromatic ring is 1. The van der Waals surface area contributed by atoms with E-state index < -0.39 is 11.6 Å². The van der Waals surface area contributed by atoms with E-state index in [0.29, 0.717) is 11.3 Å². The second-order valence-electron chi connectivity index (χ2n) is 4.49. The second kappa shape index (κ2) is 5.06. The number of benzene rings is 2. The van der Waals surface area contributed by atoms with Gasteiger partial charge in [0.1, 0.15) is 0 Å². The molecular formula is C16H15NO2. The predicted molar refractivity (Wildman–Crippen MR) is 75.4 cm³/mol. The fourth-order valence-electron chi connectivity index (χ4n) is 1.88. The van der Waals surface area contributed by atoms with Crippen molar-refractivity contribution in [2.45, 2.75) is 13.8 Å². The summed E-state index contributed by atoms with van der Waals surface area (Å²) in [6, 6.07) is 11.9. The number of ketones is 2. The molecule has 2 rings (SSSR count). The molecule has 0 aromatic heterocycles. The summed E-state index contributed by atoms with van der Waals surface area (Å²) in [6.45, 7) is 3.76. The van der Waals surface area contributed by atoms with Crippen molar-refractivity contribution in [1.82, 2.24) is 0 Å². The summed E-state index contributed by atoms with van der Waals surface area (Å²) in [5.74, 6) is -1.10. The highest BCUT2D eigenvalue weighted by molar-refractivity contribution is 6.50. The Labute approximate surface area is 112 Å². The summed E-state index contributed by atoms with van der Waals surface area (Å²) in [6.07, 6.45) is 0. The Balaban J connectivity index is 2.41. The van der Waals surface area contributed by atoms with E-state index >= 15 is 0 Å². The fourth-order valence-corrected chi connectivity index (χ4v) is 1.88. The lowest BCUT2D eigenvalue weighted by Crippen LogP contribution is -2.16. The van der Waals surface area contributed by atoms with Gasteiger partial charge in [-0.1, -0.05) is 36.4 Å². The van der Waals surface area contributed by atoms with E-state index in [2.05, 4.69) is 0 Å². The number of hydrogen-bond acceptors (Lipinski definition) is 3.